The van der Waals surface area contributed by atoms with Gasteiger partial charge < -0.3 is 9.80 Å². The number of carbonyl (C=O) groups is 2. The van der Waals surface area contributed by atoms with Crippen molar-refractivity contribution in [2.75, 3.05) is 19.6 Å². The number of hydrogen-bond acceptors (Lipinski definition) is 3. The van der Waals surface area contributed by atoms with E-state index in [0.29, 0.717) is 13.1 Å². The lowest BCUT2D eigenvalue weighted by Crippen LogP contribution is -2.47. The zero-order valence-electron chi connectivity index (χ0n) is 15.3. The molecule has 27 heavy (non-hydrogen) atoms. The molecule has 2 aromatic rings. The molecule has 1 atom stereocenters. The molecule has 1 aliphatic carbocycles. The van der Waals surface area contributed by atoms with Crippen LogP contribution >= 0.6 is 11.3 Å². The zero-order valence-corrected chi connectivity index (χ0v) is 16.2. The molecule has 1 aliphatic heterocycles. The van der Waals surface area contributed by atoms with E-state index in [1.54, 1.807) is 22.3 Å². The van der Waals surface area contributed by atoms with Gasteiger partial charge in [-0.15, -0.1) is 17.9 Å². The number of amides is 2. The first-order valence-corrected chi connectivity index (χ1v) is 10.4. The molecule has 0 radical (unpaired) electrons. The average molecular weight is 381 g/mol. The van der Waals surface area contributed by atoms with Gasteiger partial charge in [0.2, 0.25) is 11.8 Å². The standard InChI is InChI=1S/C22H24N2O2S/c1-2-12-23(22(26)17-8-9-17)15-20(25)24-13-10-19-18(11-14-27-19)21(24)16-6-4-3-5-7-16/h2-7,11,14,17,21H,1,8-10,12-13,15H2. The van der Waals surface area contributed by atoms with Gasteiger partial charge in [0.25, 0.3) is 0 Å². The minimum atomic E-state index is -0.0738. The maximum atomic E-state index is 13.2. The van der Waals surface area contributed by atoms with Crippen LogP contribution in [0.5, 0.6) is 0 Å². The number of fused-ring (bicyclic) bond motifs is 1. The van der Waals surface area contributed by atoms with Crippen molar-refractivity contribution in [3.05, 3.63) is 70.4 Å². The lowest BCUT2D eigenvalue weighted by Gasteiger charge is -2.37. The Labute approximate surface area is 164 Å². The normalized spacial score (nSPS) is 18.7. The highest BCUT2D eigenvalue weighted by Crippen LogP contribution is 2.38. The molecule has 1 unspecified atom stereocenters. The first kappa shape index (κ1) is 18.0. The third-order valence-corrected chi connectivity index (χ3v) is 6.31. The van der Waals surface area contributed by atoms with Crippen molar-refractivity contribution in [1.29, 1.82) is 0 Å². The summed E-state index contributed by atoms with van der Waals surface area (Å²) in [5.41, 5.74) is 2.34. The molecular formula is C22H24N2O2S. The van der Waals surface area contributed by atoms with E-state index in [-0.39, 0.29) is 30.3 Å². The molecule has 2 amide bonds. The number of nitrogens with zero attached hydrogens (tertiary/aromatic N) is 2. The Morgan fingerprint density at radius 3 is 2.70 bits per heavy atom. The highest BCUT2D eigenvalue weighted by Gasteiger charge is 2.37. The van der Waals surface area contributed by atoms with Crippen LogP contribution < -0.4 is 0 Å². The fraction of sp³-hybridized carbons (Fsp3) is 0.364. The van der Waals surface area contributed by atoms with Crippen LogP contribution in [0.2, 0.25) is 0 Å². The Balaban J connectivity index is 1.59. The lowest BCUT2D eigenvalue weighted by atomic mass is 9.93. The summed E-state index contributed by atoms with van der Waals surface area (Å²) in [7, 11) is 0. The SMILES string of the molecule is C=CCN(CC(=O)N1CCc2sccc2C1c1ccccc1)C(=O)C1CC1. The monoisotopic (exact) mass is 380 g/mol. The largest absolute Gasteiger partial charge is 0.330 e. The van der Waals surface area contributed by atoms with Gasteiger partial charge in [-0.25, -0.2) is 0 Å². The molecule has 2 heterocycles. The molecule has 2 aliphatic rings. The van der Waals surface area contributed by atoms with Crippen LogP contribution in [0, 0.1) is 5.92 Å². The summed E-state index contributed by atoms with van der Waals surface area (Å²) in [6.07, 6.45) is 4.46. The number of benzene rings is 1. The molecule has 0 spiro atoms. The second-order valence-electron chi connectivity index (χ2n) is 7.23. The third-order valence-electron chi connectivity index (χ3n) is 5.32. The Bertz CT molecular complexity index is 841. The highest BCUT2D eigenvalue weighted by atomic mass is 32.1. The van der Waals surface area contributed by atoms with Gasteiger partial charge >= 0.3 is 0 Å². The average Bonchev–Trinajstić information content (AvgIpc) is 3.43. The van der Waals surface area contributed by atoms with Crippen molar-refractivity contribution in [2.45, 2.75) is 25.3 Å². The molecule has 4 rings (SSSR count). The van der Waals surface area contributed by atoms with E-state index in [4.69, 9.17) is 0 Å². The summed E-state index contributed by atoms with van der Waals surface area (Å²) in [6, 6.07) is 12.2. The minimum Gasteiger partial charge on any atom is -0.330 e. The zero-order chi connectivity index (χ0) is 18.8. The summed E-state index contributed by atoms with van der Waals surface area (Å²) < 4.78 is 0. The van der Waals surface area contributed by atoms with Crippen LogP contribution in [0.1, 0.15) is 34.9 Å². The van der Waals surface area contributed by atoms with Crippen molar-refractivity contribution in [3.8, 4) is 0 Å². The highest BCUT2D eigenvalue weighted by molar-refractivity contribution is 7.10. The van der Waals surface area contributed by atoms with Crippen LogP contribution in [-0.4, -0.2) is 41.2 Å². The lowest BCUT2D eigenvalue weighted by molar-refractivity contribution is -0.142. The van der Waals surface area contributed by atoms with Crippen molar-refractivity contribution in [1.82, 2.24) is 9.80 Å². The molecule has 140 valence electrons. The van der Waals surface area contributed by atoms with E-state index in [9.17, 15) is 9.59 Å². The van der Waals surface area contributed by atoms with Crippen LogP contribution in [0.4, 0.5) is 0 Å². The van der Waals surface area contributed by atoms with Gasteiger partial charge in [-0.1, -0.05) is 36.4 Å². The molecule has 0 N–H and O–H groups in total. The van der Waals surface area contributed by atoms with Gasteiger partial charge in [-0.05, 0) is 41.8 Å². The van der Waals surface area contributed by atoms with Gasteiger partial charge in [0.15, 0.2) is 0 Å². The first-order valence-electron chi connectivity index (χ1n) is 9.49. The van der Waals surface area contributed by atoms with Gasteiger partial charge in [-0.2, -0.15) is 0 Å². The van der Waals surface area contributed by atoms with Crippen molar-refractivity contribution in [3.63, 3.8) is 0 Å². The summed E-state index contributed by atoms with van der Waals surface area (Å²) in [6.45, 7) is 4.99. The summed E-state index contributed by atoms with van der Waals surface area (Å²) in [5, 5.41) is 2.11. The molecule has 1 aromatic carbocycles. The molecule has 0 saturated heterocycles. The Kier molecular flexibility index (Phi) is 5.12. The fourth-order valence-corrected chi connectivity index (χ4v) is 4.71. The maximum Gasteiger partial charge on any atom is 0.243 e. The van der Waals surface area contributed by atoms with Crippen molar-refractivity contribution >= 4 is 23.2 Å². The molecule has 4 nitrogen and oxygen atoms in total. The summed E-state index contributed by atoms with van der Waals surface area (Å²) >= 11 is 1.76. The smallest absolute Gasteiger partial charge is 0.243 e. The predicted octanol–water partition coefficient (Wildman–Crippen LogP) is 3.65. The van der Waals surface area contributed by atoms with E-state index < -0.39 is 0 Å². The van der Waals surface area contributed by atoms with E-state index in [0.717, 1.165) is 24.8 Å². The Hall–Kier alpha value is -2.40. The van der Waals surface area contributed by atoms with E-state index in [1.807, 2.05) is 23.1 Å². The molecule has 1 fully saturated rings. The van der Waals surface area contributed by atoms with Crippen molar-refractivity contribution in [2.24, 2.45) is 5.92 Å². The number of rotatable bonds is 6. The summed E-state index contributed by atoms with van der Waals surface area (Å²) in [4.78, 5) is 30.7. The fourth-order valence-electron chi connectivity index (χ4n) is 3.81. The number of thiophene rings is 1. The van der Waals surface area contributed by atoms with Crippen LogP contribution in [0.3, 0.4) is 0 Å². The molecule has 5 heteroatoms. The van der Waals surface area contributed by atoms with Gasteiger partial charge in [0.05, 0.1) is 6.04 Å². The van der Waals surface area contributed by atoms with Gasteiger partial charge in [0, 0.05) is 23.9 Å². The number of carbonyl (C=O) groups excluding carboxylic acids is 2. The molecule has 1 saturated carbocycles. The quantitative estimate of drug-likeness (QED) is 0.718. The van der Waals surface area contributed by atoms with E-state index in [1.165, 1.54) is 10.4 Å². The maximum absolute atomic E-state index is 13.2. The summed E-state index contributed by atoms with van der Waals surface area (Å²) in [5.74, 6) is 0.205. The van der Waals surface area contributed by atoms with E-state index in [2.05, 4.69) is 30.2 Å². The predicted molar refractivity (Wildman–Crippen MR) is 108 cm³/mol. The Morgan fingerprint density at radius 1 is 1.22 bits per heavy atom. The van der Waals surface area contributed by atoms with Crippen LogP contribution in [0.25, 0.3) is 0 Å². The van der Waals surface area contributed by atoms with Crippen LogP contribution in [0.15, 0.2) is 54.4 Å². The molecule has 1 aromatic heterocycles. The first-order chi connectivity index (χ1) is 13.2. The third kappa shape index (κ3) is 3.69. The molecular weight excluding hydrogens is 356 g/mol. The topological polar surface area (TPSA) is 40.6 Å². The second-order valence-corrected chi connectivity index (χ2v) is 8.23. The minimum absolute atomic E-state index is 0.0107. The van der Waals surface area contributed by atoms with Gasteiger partial charge in [-0.3, -0.25) is 9.59 Å². The van der Waals surface area contributed by atoms with Crippen molar-refractivity contribution < 1.29 is 9.59 Å². The van der Waals surface area contributed by atoms with E-state index >= 15 is 0 Å². The molecule has 0 bridgehead atoms. The number of hydrogen-bond donors (Lipinski definition) is 0. The second kappa shape index (κ2) is 7.69. The Morgan fingerprint density at radius 2 is 2.00 bits per heavy atom. The van der Waals surface area contributed by atoms with Crippen LogP contribution in [-0.2, 0) is 16.0 Å². The van der Waals surface area contributed by atoms with Gasteiger partial charge in [0.1, 0.15) is 6.54 Å².